The van der Waals surface area contributed by atoms with Crippen LogP contribution in [0.15, 0.2) is 27.4 Å². The summed E-state index contributed by atoms with van der Waals surface area (Å²) >= 11 is 0. The second kappa shape index (κ2) is 2.52. The largest absolute Gasteiger partial charge is 0.508 e. The molecule has 1 heterocycles. The van der Waals surface area contributed by atoms with Crippen LogP contribution >= 0.6 is 0 Å². The average Bonchev–Trinajstić information content (AvgIpc) is 2.02. The van der Waals surface area contributed by atoms with E-state index in [1.165, 1.54) is 18.2 Å². The van der Waals surface area contributed by atoms with Gasteiger partial charge >= 0.3 is 5.63 Å². The standard InChI is InChI=1S/C9H5O4/c10-5-1-2-6-7(11)4-9(12)13-8(6)3-5/h1-3,10-11H. The number of hydrogen-bond acceptors (Lipinski definition) is 4. The fraction of sp³-hybridized carbons (Fsp3) is 0. The second-order valence-electron chi connectivity index (χ2n) is 2.54. The quantitative estimate of drug-likeness (QED) is 0.589. The summed E-state index contributed by atoms with van der Waals surface area (Å²) in [6.07, 6.45) is 0. The number of rotatable bonds is 0. The lowest BCUT2D eigenvalue weighted by Crippen LogP contribution is -1.95. The van der Waals surface area contributed by atoms with Crippen molar-refractivity contribution in [3.8, 4) is 11.5 Å². The first-order valence-corrected chi connectivity index (χ1v) is 3.55. The molecule has 0 spiro atoms. The molecular weight excluding hydrogens is 172 g/mol. The third-order valence-electron chi connectivity index (χ3n) is 1.64. The van der Waals surface area contributed by atoms with Crippen LogP contribution in [0, 0.1) is 6.07 Å². The highest BCUT2D eigenvalue weighted by molar-refractivity contribution is 5.83. The summed E-state index contributed by atoms with van der Waals surface area (Å²) in [7, 11) is 0. The summed E-state index contributed by atoms with van der Waals surface area (Å²) in [6, 6.07) is 6.17. The van der Waals surface area contributed by atoms with E-state index in [9.17, 15) is 9.90 Å². The lowest BCUT2D eigenvalue weighted by molar-refractivity contribution is 0.461. The van der Waals surface area contributed by atoms with Crippen molar-refractivity contribution in [2.75, 3.05) is 0 Å². The summed E-state index contributed by atoms with van der Waals surface area (Å²) in [5.74, 6) is -0.299. The van der Waals surface area contributed by atoms with Crippen LogP contribution < -0.4 is 5.63 Å². The molecule has 13 heavy (non-hydrogen) atoms. The van der Waals surface area contributed by atoms with Gasteiger partial charge < -0.3 is 14.6 Å². The van der Waals surface area contributed by atoms with Crippen LogP contribution in [-0.2, 0) is 0 Å². The summed E-state index contributed by atoms with van der Waals surface area (Å²) < 4.78 is 4.69. The topological polar surface area (TPSA) is 70.7 Å². The van der Waals surface area contributed by atoms with Gasteiger partial charge in [0.2, 0.25) is 0 Å². The molecule has 2 N–H and O–H groups in total. The van der Waals surface area contributed by atoms with E-state index in [4.69, 9.17) is 9.52 Å². The summed E-state index contributed by atoms with van der Waals surface area (Å²) in [6.45, 7) is 0. The van der Waals surface area contributed by atoms with E-state index in [0.29, 0.717) is 5.39 Å². The van der Waals surface area contributed by atoms with Gasteiger partial charge in [0.25, 0.3) is 0 Å². The molecular formula is C9H5O4. The van der Waals surface area contributed by atoms with Gasteiger partial charge in [0.05, 0.1) is 5.39 Å². The molecule has 0 unspecified atom stereocenters. The highest BCUT2D eigenvalue weighted by Crippen LogP contribution is 2.24. The molecule has 0 atom stereocenters. The van der Waals surface area contributed by atoms with E-state index in [-0.39, 0.29) is 17.1 Å². The van der Waals surface area contributed by atoms with Crippen molar-refractivity contribution in [2.45, 2.75) is 0 Å². The lowest BCUT2D eigenvalue weighted by Gasteiger charge is -1.98. The van der Waals surface area contributed by atoms with Gasteiger partial charge in [-0.1, -0.05) is 0 Å². The molecule has 1 aromatic carbocycles. The Morgan fingerprint density at radius 1 is 1.31 bits per heavy atom. The first kappa shape index (κ1) is 7.67. The average molecular weight is 177 g/mol. The monoisotopic (exact) mass is 177 g/mol. The number of phenolic OH excluding ortho intramolecular Hbond substituents is 1. The van der Waals surface area contributed by atoms with Gasteiger partial charge in [-0.2, -0.15) is 0 Å². The van der Waals surface area contributed by atoms with Crippen molar-refractivity contribution < 1.29 is 14.6 Å². The molecule has 4 nitrogen and oxygen atoms in total. The Morgan fingerprint density at radius 2 is 2.08 bits per heavy atom. The Kier molecular flexibility index (Phi) is 1.48. The van der Waals surface area contributed by atoms with Crippen LogP contribution in [0.2, 0.25) is 0 Å². The fourth-order valence-electron chi connectivity index (χ4n) is 1.08. The molecule has 2 aromatic rings. The number of hydrogen-bond donors (Lipinski definition) is 2. The SMILES string of the molecule is O=c1[c]c(O)c2ccc(O)cc2o1. The van der Waals surface area contributed by atoms with Crippen molar-refractivity contribution >= 4 is 11.0 Å². The number of benzene rings is 1. The van der Waals surface area contributed by atoms with Gasteiger partial charge in [-0.05, 0) is 12.1 Å². The summed E-state index contributed by atoms with van der Waals surface area (Å²) in [4.78, 5) is 10.8. The first-order valence-electron chi connectivity index (χ1n) is 3.55. The number of fused-ring (bicyclic) bond motifs is 1. The molecule has 0 saturated carbocycles. The Labute approximate surface area is 72.7 Å². The molecule has 1 radical (unpaired) electrons. The van der Waals surface area contributed by atoms with Crippen molar-refractivity contribution in [3.05, 3.63) is 34.7 Å². The maximum atomic E-state index is 10.8. The normalized spacial score (nSPS) is 10.5. The molecule has 0 bridgehead atoms. The molecule has 0 saturated heterocycles. The molecule has 1 aromatic heterocycles. The molecule has 2 rings (SSSR count). The fourth-order valence-corrected chi connectivity index (χ4v) is 1.08. The molecule has 0 aliphatic rings. The maximum absolute atomic E-state index is 10.8. The molecule has 4 heteroatoms. The van der Waals surface area contributed by atoms with Crippen LogP contribution in [0.1, 0.15) is 0 Å². The third kappa shape index (κ3) is 1.22. The number of aromatic hydroxyl groups is 2. The van der Waals surface area contributed by atoms with E-state index in [0.717, 1.165) is 0 Å². The third-order valence-corrected chi connectivity index (χ3v) is 1.64. The zero-order chi connectivity index (χ0) is 9.42. The Balaban J connectivity index is 2.94. The van der Waals surface area contributed by atoms with Crippen LogP contribution in [0.5, 0.6) is 11.5 Å². The predicted octanol–water partition coefficient (Wildman–Crippen LogP) is 1.00. The minimum absolute atomic E-state index is 0.0266. The van der Waals surface area contributed by atoms with Gasteiger partial charge in [0.15, 0.2) is 0 Å². The smallest absolute Gasteiger partial charge is 0.348 e. The van der Waals surface area contributed by atoms with Crippen LogP contribution in [0.4, 0.5) is 0 Å². The number of phenols is 1. The van der Waals surface area contributed by atoms with E-state index in [2.05, 4.69) is 6.07 Å². The van der Waals surface area contributed by atoms with Gasteiger partial charge in [-0.25, -0.2) is 4.79 Å². The van der Waals surface area contributed by atoms with Crippen molar-refractivity contribution in [3.63, 3.8) is 0 Å². The Hall–Kier alpha value is -1.97. The summed E-state index contributed by atoms with van der Waals surface area (Å²) in [5.41, 5.74) is -0.628. The van der Waals surface area contributed by atoms with E-state index in [1.807, 2.05) is 0 Å². The van der Waals surface area contributed by atoms with E-state index >= 15 is 0 Å². The lowest BCUT2D eigenvalue weighted by atomic mass is 10.2. The maximum Gasteiger partial charge on any atom is 0.348 e. The second-order valence-corrected chi connectivity index (χ2v) is 2.54. The highest BCUT2D eigenvalue weighted by atomic mass is 16.4. The zero-order valence-corrected chi connectivity index (χ0v) is 6.44. The minimum Gasteiger partial charge on any atom is -0.508 e. The zero-order valence-electron chi connectivity index (χ0n) is 6.44. The first-order chi connectivity index (χ1) is 6.16. The van der Waals surface area contributed by atoms with E-state index < -0.39 is 5.63 Å². The highest BCUT2D eigenvalue weighted by Gasteiger charge is 2.04. The van der Waals surface area contributed by atoms with Crippen LogP contribution in [0.25, 0.3) is 11.0 Å². The van der Waals surface area contributed by atoms with Gasteiger partial charge in [0, 0.05) is 6.07 Å². The van der Waals surface area contributed by atoms with Gasteiger partial charge in [0.1, 0.15) is 23.1 Å². The van der Waals surface area contributed by atoms with Crippen molar-refractivity contribution in [2.24, 2.45) is 0 Å². The molecule has 0 fully saturated rings. The van der Waals surface area contributed by atoms with Crippen molar-refractivity contribution in [1.29, 1.82) is 0 Å². The van der Waals surface area contributed by atoms with Gasteiger partial charge in [-0.3, -0.25) is 0 Å². The van der Waals surface area contributed by atoms with Crippen LogP contribution in [0.3, 0.4) is 0 Å². The van der Waals surface area contributed by atoms with E-state index in [1.54, 1.807) is 0 Å². The molecule has 0 amide bonds. The predicted molar refractivity (Wildman–Crippen MR) is 44.6 cm³/mol. The Morgan fingerprint density at radius 3 is 2.85 bits per heavy atom. The van der Waals surface area contributed by atoms with Crippen molar-refractivity contribution in [1.82, 2.24) is 0 Å². The molecule has 65 valence electrons. The molecule has 0 aliphatic heterocycles. The molecule has 0 aliphatic carbocycles. The Bertz CT molecular complexity index is 512. The summed E-state index contributed by atoms with van der Waals surface area (Å²) in [5, 5.41) is 18.6. The van der Waals surface area contributed by atoms with Crippen LogP contribution in [-0.4, -0.2) is 10.2 Å². The minimum atomic E-state index is -0.768. The van der Waals surface area contributed by atoms with Gasteiger partial charge in [-0.15, -0.1) is 0 Å².